The van der Waals surface area contributed by atoms with Crippen molar-refractivity contribution in [2.75, 3.05) is 20.6 Å². The van der Waals surface area contributed by atoms with Crippen LogP contribution in [0.15, 0.2) is 60.7 Å². The van der Waals surface area contributed by atoms with Gasteiger partial charge >= 0.3 is 11.9 Å². The van der Waals surface area contributed by atoms with Crippen LogP contribution >= 0.6 is 0 Å². The van der Waals surface area contributed by atoms with Crippen LogP contribution < -0.4 is 4.74 Å². The number of nitrogens with zero attached hydrogens (tertiary/aromatic N) is 1. The van der Waals surface area contributed by atoms with Crippen LogP contribution in [-0.2, 0) is 16.2 Å². The van der Waals surface area contributed by atoms with E-state index >= 15 is 0 Å². The molecule has 2 aromatic rings. The lowest BCUT2D eigenvalue weighted by Gasteiger charge is -2.13. The van der Waals surface area contributed by atoms with Crippen molar-refractivity contribution in [2.45, 2.75) is 20.0 Å². The maximum Gasteiger partial charge on any atom is 0.328 e. The van der Waals surface area contributed by atoms with Crippen molar-refractivity contribution in [1.82, 2.24) is 4.90 Å². The molecule has 1 aliphatic heterocycles. The Bertz CT molecular complexity index is 944. The maximum atomic E-state index is 9.55. The van der Waals surface area contributed by atoms with Gasteiger partial charge in [-0.2, -0.15) is 0 Å². The minimum Gasteiger partial charge on any atom is -0.488 e. The van der Waals surface area contributed by atoms with Crippen molar-refractivity contribution in [2.24, 2.45) is 0 Å². The number of benzene rings is 2. The Morgan fingerprint density at radius 2 is 1.70 bits per heavy atom. The maximum absolute atomic E-state index is 9.55. The molecule has 1 heterocycles. The average molecular weight is 409 g/mol. The molecule has 30 heavy (non-hydrogen) atoms. The summed E-state index contributed by atoms with van der Waals surface area (Å²) in [4.78, 5) is 21.3. The zero-order valence-electron chi connectivity index (χ0n) is 17.5. The summed E-state index contributed by atoms with van der Waals surface area (Å²) in [6.07, 6.45) is 4.50. The minimum atomic E-state index is -1.26. The van der Waals surface area contributed by atoms with Crippen molar-refractivity contribution >= 4 is 17.5 Å². The lowest BCUT2D eigenvalue weighted by atomic mass is 9.92. The van der Waals surface area contributed by atoms with Crippen LogP contribution in [0.1, 0.15) is 28.7 Å². The van der Waals surface area contributed by atoms with Crippen molar-refractivity contribution in [1.29, 1.82) is 0 Å². The van der Waals surface area contributed by atoms with Gasteiger partial charge in [0.25, 0.3) is 0 Å². The molecule has 2 N–H and O–H groups in total. The summed E-state index contributed by atoms with van der Waals surface area (Å²) in [6.45, 7) is 3.82. The molecule has 3 rings (SSSR count). The van der Waals surface area contributed by atoms with E-state index in [0.717, 1.165) is 18.7 Å². The Morgan fingerprint density at radius 3 is 2.33 bits per heavy atom. The van der Waals surface area contributed by atoms with Gasteiger partial charge in [0.15, 0.2) is 0 Å². The van der Waals surface area contributed by atoms with Gasteiger partial charge in [0.05, 0.1) is 0 Å². The first-order chi connectivity index (χ1) is 14.3. The summed E-state index contributed by atoms with van der Waals surface area (Å²) in [6, 6.07) is 15.0. The fourth-order valence-electron chi connectivity index (χ4n) is 3.02. The molecular formula is C24H27NO5. The number of fused-ring (bicyclic) bond motifs is 2. The monoisotopic (exact) mass is 409 g/mol. The second kappa shape index (κ2) is 11.0. The van der Waals surface area contributed by atoms with Gasteiger partial charge in [-0.25, -0.2) is 9.59 Å². The third kappa shape index (κ3) is 6.90. The zero-order valence-corrected chi connectivity index (χ0v) is 17.5. The Kier molecular flexibility index (Phi) is 8.38. The quantitative estimate of drug-likeness (QED) is 0.727. The van der Waals surface area contributed by atoms with Crippen molar-refractivity contribution < 1.29 is 24.5 Å². The van der Waals surface area contributed by atoms with E-state index in [-0.39, 0.29) is 0 Å². The van der Waals surface area contributed by atoms with Crippen molar-refractivity contribution in [3.05, 3.63) is 82.9 Å². The normalized spacial score (nSPS) is 13.7. The highest BCUT2D eigenvalue weighted by molar-refractivity contribution is 5.89. The van der Waals surface area contributed by atoms with E-state index in [2.05, 4.69) is 74.5 Å². The molecule has 0 bridgehead atoms. The third-order valence-corrected chi connectivity index (χ3v) is 4.41. The highest BCUT2D eigenvalue weighted by Crippen LogP contribution is 2.37. The van der Waals surface area contributed by atoms with E-state index < -0.39 is 11.9 Å². The molecular weight excluding hydrogens is 382 g/mol. The number of rotatable bonds is 5. The number of aliphatic carboxylic acids is 2. The fourth-order valence-corrected chi connectivity index (χ4v) is 3.02. The number of carboxylic acid groups (broad SMARTS) is 2. The SMILES string of the molecule is Cc1ccc2c(c1)/C(=C/CCN(C)C)c1ccccc1CO2.O=C(O)/C=C/C(=O)O. The van der Waals surface area contributed by atoms with Crippen LogP contribution in [0, 0.1) is 6.92 Å². The summed E-state index contributed by atoms with van der Waals surface area (Å²) in [5, 5.41) is 15.6. The van der Waals surface area contributed by atoms with Gasteiger partial charge in [0, 0.05) is 24.3 Å². The van der Waals surface area contributed by atoms with Gasteiger partial charge in [-0.05, 0) is 56.3 Å². The van der Waals surface area contributed by atoms with Crippen molar-refractivity contribution in [3.8, 4) is 5.75 Å². The summed E-state index contributed by atoms with van der Waals surface area (Å²) in [7, 11) is 4.22. The molecule has 0 fully saturated rings. The van der Waals surface area contributed by atoms with Crippen LogP contribution in [0.4, 0.5) is 0 Å². The van der Waals surface area contributed by atoms with Crippen LogP contribution in [0.2, 0.25) is 0 Å². The summed E-state index contributed by atoms with van der Waals surface area (Å²) in [5.41, 5.74) is 6.33. The van der Waals surface area contributed by atoms with E-state index in [1.54, 1.807) is 0 Å². The number of carbonyl (C=O) groups is 2. The number of aryl methyl sites for hydroxylation is 1. The summed E-state index contributed by atoms with van der Waals surface area (Å²) < 4.78 is 6.04. The molecule has 158 valence electrons. The molecule has 6 heteroatoms. The van der Waals surface area contributed by atoms with E-state index in [4.69, 9.17) is 14.9 Å². The predicted molar refractivity (Wildman–Crippen MR) is 117 cm³/mol. The first-order valence-electron chi connectivity index (χ1n) is 9.59. The molecule has 1 aliphatic rings. The number of hydrogen-bond acceptors (Lipinski definition) is 4. The van der Waals surface area contributed by atoms with Gasteiger partial charge in [-0.1, -0.05) is 42.0 Å². The summed E-state index contributed by atoms with van der Waals surface area (Å²) in [5.74, 6) is -1.53. The Balaban J connectivity index is 0.000000343. The molecule has 0 unspecified atom stereocenters. The van der Waals surface area contributed by atoms with Crippen LogP contribution in [-0.4, -0.2) is 47.7 Å². The highest BCUT2D eigenvalue weighted by atomic mass is 16.5. The fraction of sp³-hybridized carbons (Fsp3) is 0.250. The lowest BCUT2D eigenvalue weighted by Crippen LogP contribution is -2.12. The van der Waals surface area contributed by atoms with Gasteiger partial charge in [-0.3, -0.25) is 0 Å². The zero-order chi connectivity index (χ0) is 22.1. The van der Waals surface area contributed by atoms with Gasteiger partial charge < -0.3 is 19.8 Å². The second-order valence-electron chi connectivity index (χ2n) is 7.16. The van der Waals surface area contributed by atoms with E-state index in [0.29, 0.717) is 18.8 Å². The number of hydrogen-bond donors (Lipinski definition) is 2. The van der Waals surface area contributed by atoms with Crippen LogP contribution in [0.5, 0.6) is 5.75 Å². The van der Waals surface area contributed by atoms with Crippen LogP contribution in [0.3, 0.4) is 0 Å². The van der Waals surface area contributed by atoms with Gasteiger partial charge in [0.2, 0.25) is 0 Å². The second-order valence-corrected chi connectivity index (χ2v) is 7.16. The smallest absolute Gasteiger partial charge is 0.328 e. The number of carboxylic acids is 2. The number of ether oxygens (including phenoxy) is 1. The molecule has 0 aliphatic carbocycles. The van der Waals surface area contributed by atoms with Gasteiger partial charge in [0.1, 0.15) is 12.4 Å². The first kappa shape index (κ1) is 22.9. The predicted octanol–water partition coefficient (Wildman–Crippen LogP) is 3.98. The standard InChI is InChI=1S/C20H23NO.C4H4O4/c1-15-10-11-20-19(13-15)18(9-6-12-21(2)3)17-8-5-4-7-16(17)14-22-20;5-3(6)1-2-4(7)8/h4-5,7-11,13H,6,12,14H2,1-3H3;1-2H,(H,5,6)(H,7,8)/b18-9+;2-1+. The molecule has 0 amide bonds. The third-order valence-electron chi connectivity index (χ3n) is 4.41. The molecule has 6 nitrogen and oxygen atoms in total. The minimum absolute atomic E-state index is 0.558. The average Bonchev–Trinajstić information content (AvgIpc) is 2.84. The molecule has 0 radical (unpaired) electrons. The van der Waals surface area contributed by atoms with Crippen LogP contribution in [0.25, 0.3) is 5.57 Å². The highest BCUT2D eigenvalue weighted by Gasteiger charge is 2.18. The molecule has 0 saturated heterocycles. The molecule has 0 aromatic heterocycles. The molecule has 0 saturated carbocycles. The molecule has 2 aromatic carbocycles. The Hall–Kier alpha value is -3.38. The first-order valence-corrected chi connectivity index (χ1v) is 9.59. The molecule has 0 spiro atoms. The topological polar surface area (TPSA) is 87.1 Å². The summed E-state index contributed by atoms with van der Waals surface area (Å²) >= 11 is 0. The van der Waals surface area contributed by atoms with Gasteiger partial charge in [-0.15, -0.1) is 0 Å². The van der Waals surface area contributed by atoms with E-state index in [1.165, 1.54) is 27.8 Å². The van der Waals surface area contributed by atoms with E-state index in [9.17, 15) is 9.59 Å². The largest absolute Gasteiger partial charge is 0.488 e. The Labute approximate surface area is 176 Å². The van der Waals surface area contributed by atoms with E-state index in [1.807, 2.05) is 0 Å². The Morgan fingerprint density at radius 1 is 1.03 bits per heavy atom. The molecule has 0 atom stereocenters. The lowest BCUT2D eigenvalue weighted by molar-refractivity contribution is -0.134. The van der Waals surface area contributed by atoms with Crippen molar-refractivity contribution in [3.63, 3.8) is 0 Å².